The highest BCUT2D eigenvalue weighted by atomic mass is 16.5. The van der Waals surface area contributed by atoms with Crippen molar-refractivity contribution in [3.8, 4) is 34.3 Å². The zero-order valence-electron chi connectivity index (χ0n) is 14.5. The number of benzene rings is 3. The van der Waals surface area contributed by atoms with Gasteiger partial charge in [0.25, 0.3) is 0 Å². The summed E-state index contributed by atoms with van der Waals surface area (Å²) in [5.74, 6) is 1.91. The molecule has 0 aliphatic heterocycles. The molecule has 1 heterocycles. The molecule has 0 fully saturated rings. The highest BCUT2D eigenvalue weighted by Crippen LogP contribution is 2.37. The highest BCUT2D eigenvalue weighted by molar-refractivity contribution is 5.73. The molecule has 0 aliphatic carbocycles. The van der Waals surface area contributed by atoms with E-state index in [0.717, 1.165) is 5.56 Å². The van der Waals surface area contributed by atoms with Gasteiger partial charge >= 0.3 is 0 Å². The maximum absolute atomic E-state index is 10.5. The van der Waals surface area contributed by atoms with Crippen molar-refractivity contribution in [2.24, 2.45) is 0 Å². The van der Waals surface area contributed by atoms with E-state index in [2.05, 4.69) is 10.2 Å². The number of aromatic nitrogens is 2. The first-order valence-corrected chi connectivity index (χ1v) is 8.56. The molecule has 0 radical (unpaired) electrons. The number of rotatable bonds is 6. The summed E-state index contributed by atoms with van der Waals surface area (Å²) in [7, 11) is 0. The molecule has 0 saturated carbocycles. The third-order valence-corrected chi connectivity index (χ3v) is 4.06. The molecule has 5 nitrogen and oxygen atoms in total. The van der Waals surface area contributed by atoms with Crippen LogP contribution in [0.3, 0.4) is 0 Å². The van der Waals surface area contributed by atoms with E-state index in [1.165, 1.54) is 0 Å². The van der Waals surface area contributed by atoms with Crippen LogP contribution in [-0.4, -0.2) is 15.3 Å². The van der Waals surface area contributed by atoms with Gasteiger partial charge in [0.15, 0.2) is 5.75 Å². The lowest BCUT2D eigenvalue weighted by atomic mass is 10.1. The Kier molecular flexibility index (Phi) is 4.74. The second kappa shape index (κ2) is 7.66. The van der Waals surface area contributed by atoms with E-state index in [9.17, 15) is 5.11 Å². The third kappa shape index (κ3) is 3.93. The number of phenols is 1. The molecule has 0 bridgehead atoms. The van der Waals surface area contributed by atoms with Gasteiger partial charge in [0, 0.05) is 11.6 Å². The summed E-state index contributed by atoms with van der Waals surface area (Å²) < 4.78 is 11.6. The van der Waals surface area contributed by atoms with Crippen molar-refractivity contribution in [2.45, 2.75) is 6.61 Å². The number of para-hydroxylation sites is 1. The number of ether oxygens (including phenoxy) is 2. The molecule has 2 N–H and O–H groups in total. The average Bonchev–Trinajstić information content (AvgIpc) is 3.16. The van der Waals surface area contributed by atoms with Crippen LogP contribution in [0.25, 0.3) is 11.3 Å². The van der Waals surface area contributed by atoms with Crippen molar-refractivity contribution in [2.75, 3.05) is 0 Å². The van der Waals surface area contributed by atoms with Gasteiger partial charge in [-0.1, -0.05) is 48.5 Å². The summed E-state index contributed by atoms with van der Waals surface area (Å²) >= 11 is 0. The number of H-pyrrole nitrogens is 1. The van der Waals surface area contributed by atoms with Crippen molar-refractivity contribution in [3.63, 3.8) is 0 Å². The standard InChI is InChI=1S/C22H18N2O3/c25-20-13-18(26-15-16-7-3-1-4-8-16)11-12-19(20)22-21(14-23-24-22)27-17-9-5-2-6-10-17/h1-14,25H,15H2,(H,23,24). The summed E-state index contributed by atoms with van der Waals surface area (Å²) in [6.45, 7) is 0.437. The summed E-state index contributed by atoms with van der Waals surface area (Å²) in [6, 6.07) is 24.5. The minimum atomic E-state index is 0.0859. The van der Waals surface area contributed by atoms with E-state index in [-0.39, 0.29) is 5.75 Å². The van der Waals surface area contributed by atoms with Gasteiger partial charge in [0.05, 0.1) is 6.20 Å². The van der Waals surface area contributed by atoms with Crippen LogP contribution in [0, 0.1) is 0 Å². The second-order valence-corrected chi connectivity index (χ2v) is 5.98. The Bertz CT molecular complexity index is 1010. The van der Waals surface area contributed by atoms with Gasteiger partial charge in [0.2, 0.25) is 0 Å². The molecular weight excluding hydrogens is 340 g/mol. The Morgan fingerprint density at radius 3 is 2.33 bits per heavy atom. The van der Waals surface area contributed by atoms with E-state index in [1.807, 2.05) is 66.7 Å². The minimum Gasteiger partial charge on any atom is -0.507 e. The van der Waals surface area contributed by atoms with Crippen molar-refractivity contribution in [1.29, 1.82) is 0 Å². The second-order valence-electron chi connectivity index (χ2n) is 5.98. The van der Waals surface area contributed by atoms with Crippen molar-refractivity contribution >= 4 is 0 Å². The Hall–Kier alpha value is -3.73. The molecule has 0 amide bonds. The number of phenolic OH excluding ortho intramolecular Hbond substituents is 1. The summed E-state index contributed by atoms with van der Waals surface area (Å²) in [6.07, 6.45) is 1.58. The minimum absolute atomic E-state index is 0.0859. The molecule has 4 rings (SSSR count). The zero-order chi connectivity index (χ0) is 18.5. The Morgan fingerprint density at radius 1 is 0.852 bits per heavy atom. The molecule has 0 spiro atoms. The number of hydrogen-bond acceptors (Lipinski definition) is 4. The molecule has 1 aromatic heterocycles. The molecule has 3 aromatic carbocycles. The number of hydrogen-bond donors (Lipinski definition) is 2. The Labute approximate surface area is 156 Å². The predicted molar refractivity (Wildman–Crippen MR) is 103 cm³/mol. The van der Waals surface area contributed by atoms with Gasteiger partial charge in [-0.05, 0) is 29.8 Å². The summed E-state index contributed by atoms with van der Waals surface area (Å²) in [5, 5.41) is 17.4. The number of aromatic amines is 1. The Balaban J connectivity index is 1.52. The van der Waals surface area contributed by atoms with Crippen LogP contribution in [0.5, 0.6) is 23.0 Å². The lowest BCUT2D eigenvalue weighted by Gasteiger charge is -2.10. The normalized spacial score (nSPS) is 10.5. The molecule has 134 valence electrons. The number of nitrogens with zero attached hydrogens (tertiary/aromatic N) is 1. The fourth-order valence-electron chi connectivity index (χ4n) is 2.71. The van der Waals surface area contributed by atoms with E-state index in [1.54, 1.807) is 18.3 Å². The SMILES string of the molecule is Oc1cc(OCc2ccccc2)ccc1-c1[nH]ncc1Oc1ccccc1. The maximum atomic E-state index is 10.5. The molecule has 0 unspecified atom stereocenters. The lowest BCUT2D eigenvalue weighted by molar-refractivity contribution is 0.304. The van der Waals surface area contributed by atoms with Gasteiger partial charge in [-0.25, -0.2) is 0 Å². The number of aromatic hydroxyl groups is 1. The van der Waals surface area contributed by atoms with Crippen LogP contribution < -0.4 is 9.47 Å². The first kappa shape index (κ1) is 16.7. The molecule has 0 saturated heterocycles. The number of nitrogens with one attached hydrogen (secondary N) is 1. The fourth-order valence-corrected chi connectivity index (χ4v) is 2.71. The van der Waals surface area contributed by atoms with Gasteiger partial charge < -0.3 is 14.6 Å². The highest BCUT2D eigenvalue weighted by Gasteiger charge is 2.14. The van der Waals surface area contributed by atoms with Crippen molar-refractivity contribution in [3.05, 3.63) is 90.6 Å². The Morgan fingerprint density at radius 2 is 1.59 bits per heavy atom. The van der Waals surface area contributed by atoms with E-state index in [4.69, 9.17) is 9.47 Å². The quantitative estimate of drug-likeness (QED) is 0.500. The fraction of sp³-hybridized carbons (Fsp3) is 0.0455. The van der Waals surface area contributed by atoms with E-state index < -0.39 is 0 Å². The average molecular weight is 358 g/mol. The largest absolute Gasteiger partial charge is 0.507 e. The van der Waals surface area contributed by atoms with Crippen LogP contribution in [0.1, 0.15) is 5.56 Å². The molecular formula is C22H18N2O3. The molecule has 27 heavy (non-hydrogen) atoms. The van der Waals surface area contributed by atoms with Crippen LogP contribution >= 0.6 is 0 Å². The van der Waals surface area contributed by atoms with Crippen molar-refractivity contribution in [1.82, 2.24) is 10.2 Å². The monoisotopic (exact) mass is 358 g/mol. The molecule has 0 atom stereocenters. The van der Waals surface area contributed by atoms with Crippen molar-refractivity contribution < 1.29 is 14.6 Å². The topological polar surface area (TPSA) is 67.4 Å². The van der Waals surface area contributed by atoms with Crippen LogP contribution in [0.4, 0.5) is 0 Å². The van der Waals surface area contributed by atoms with Gasteiger partial charge in [0.1, 0.15) is 29.5 Å². The molecule has 0 aliphatic rings. The van der Waals surface area contributed by atoms with Crippen LogP contribution in [0.2, 0.25) is 0 Å². The zero-order valence-corrected chi connectivity index (χ0v) is 14.5. The predicted octanol–water partition coefficient (Wildman–Crippen LogP) is 5.15. The van der Waals surface area contributed by atoms with Crippen LogP contribution in [-0.2, 0) is 6.61 Å². The van der Waals surface area contributed by atoms with Crippen LogP contribution in [0.15, 0.2) is 85.1 Å². The van der Waals surface area contributed by atoms with E-state index in [0.29, 0.717) is 35.1 Å². The van der Waals surface area contributed by atoms with Gasteiger partial charge in [-0.2, -0.15) is 5.10 Å². The first-order valence-electron chi connectivity index (χ1n) is 8.56. The molecule has 5 heteroatoms. The summed E-state index contributed by atoms with van der Waals surface area (Å²) in [4.78, 5) is 0. The first-order chi connectivity index (χ1) is 13.3. The summed E-state index contributed by atoms with van der Waals surface area (Å²) in [5.41, 5.74) is 2.25. The van der Waals surface area contributed by atoms with Gasteiger partial charge in [-0.15, -0.1) is 0 Å². The van der Waals surface area contributed by atoms with Gasteiger partial charge in [-0.3, -0.25) is 5.10 Å². The molecule has 4 aromatic rings. The maximum Gasteiger partial charge on any atom is 0.173 e. The smallest absolute Gasteiger partial charge is 0.173 e. The lowest BCUT2D eigenvalue weighted by Crippen LogP contribution is -1.95. The third-order valence-electron chi connectivity index (χ3n) is 4.06. The van der Waals surface area contributed by atoms with E-state index >= 15 is 0 Å².